The van der Waals surface area contributed by atoms with Crippen molar-refractivity contribution in [3.05, 3.63) is 23.8 Å². The van der Waals surface area contributed by atoms with Crippen molar-refractivity contribution in [3.63, 3.8) is 0 Å². The van der Waals surface area contributed by atoms with Gasteiger partial charge in [-0.05, 0) is 18.6 Å². The first-order valence-electron chi connectivity index (χ1n) is 6.16. The monoisotopic (exact) mass is 264 g/mol. The van der Waals surface area contributed by atoms with E-state index in [0.29, 0.717) is 18.8 Å². The Balaban J connectivity index is 0.00000154. The average molecular weight is 264 g/mol. The van der Waals surface area contributed by atoms with Crippen LogP contribution in [0.15, 0.2) is 18.2 Å². The van der Waals surface area contributed by atoms with Crippen LogP contribution >= 0.6 is 0 Å². The molecule has 0 fully saturated rings. The summed E-state index contributed by atoms with van der Waals surface area (Å²) in [6.07, 6.45) is 6.46. The molecular formula is C15H20O4. The number of phenols is 1. The fourth-order valence-electron chi connectivity index (χ4n) is 1.27. The number of esters is 1. The SMILES string of the molecule is C#CCCCOc1cc(O)cc(C(=O)OC)c1.CC. The molecule has 0 aliphatic heterocycles. The number of carbonyl (C=O) groups excluding carboxylic acids is 1. The third kappa shape index (κ3) is 6.37. The van der Waals surface area contributed by atoms with E-state index in [-0.39, 0.29) is 11.3 Å². The van der Waals surface area contributed by atoms with Gasteiger partial charge >= 0.3 is 5.97 Å². The number of aromatic hydroxyl groups is 1. The van der Waals surface area contributed by atoms with Gasteiger partial charge < -0.3 is 14.6 Å². The van der Waals surface area contributed by atoms with E-state index in [1.165, 1.54) is 25.3 Å². The number of ether oxygens (including phenoxy) is 2. The maximum absolute atomic E-state index is 11.3. The minimum atomic E-state index is -0.519. The second-order valence-corrected chi connectivity index (χ2v) is 3.36. The first-order valence-corrected chi connectivity index (χ1v) is 6.16. The van der Waals surface area contributed by atoms with Gasteiger partial charge in [-0.2, -0.15) is 0 Å². The van der Waals surface area contributed by atoms with Crippen molar-refractivity contribution in [2.45, 2.75) is 26.7 Å². The van der Waals surface area contributed by atoms with Crippen LogP contribution in [0.4, 0.5) is 0 Å². The Morgan fingerprint density at radius 2 is 2.05 bits per heavy atom. The van der Waals surface area contributed by atoms with Crippen LogP contribution in [0.3, 0.4) is 0 Å². The van der Waals surface area contributed by atoms with Crippen molar-refractivity contribution in [1.29, 1.82) is 0 Å². The van der Waals surface area contributed by atoms with E-state index >= 15 is 0 Å². The molecule has 1 aromatic carbocycles. The van der Waals surface area contributed by atoms with E-state index in [1.807, 2.05) is 13.8 Å². The van der Waals surface area contributed by atoms with Crippen LogP contribution in [0.5, 0.6) is 11.5 Å². The molecule has 0 heterocycles. The zero-order chi connectivity index (χ0) is 14.7. The first-order chi connectivity index (χ1) is 9.17. The number of hydrogen-bond acceptors (Lipinski definition) is 4. The number of terminal acetylenes is 1. The molecule has 104 valence electrons. The lowest BCUT2D eigenvalue weighted by atomic mass is 10.2. The maximum atomic E-state index is 11.3. The van der Waals surface area contributed by atoms with E-state index < -0.39 is 5.97 Å². The maximum Gasteiger partial charge on any atom is 0.338 e. The molecule has 4 nitrogen and oxygen atoms in total. The van der Waals surface area contributed by atoms with Gasteiger partial charge in [-0.1, -0.05) is 13.8 Å². The molecule has 0 aromatic heterocycles. The summed E-state index contributed by atoms with van der Waals surface area (Å²) in [7, 11) is 1.28. The van der Waals surface area contributed by atoms with Gasteiger partial charge in [0.05, 0.1) is 19.3 Å². The fraction of sp³-hybridized carbons (Fsp3) is 0.400. The van der Waals surface area contributed by atoms with Crippen molar-refractivity contribution in [1.82, 2.24) is 0 Å². The lowest BCUT2D eigenvalue weighted by Gasteiger charge is -2.07. The molecule has 1 aromatic rings. The normalized spacial score (nSPS) is 8.74. The number of methoxy groups -OCH3 is 1. The summed E-state index contributed by atoms with van der Waals surface area (Å²) < 4.78 is 9.92. The number of phenolic OH excluding ortho intramolecular Hbond substituents is 1. The fourth-order valence-corrected chi connectivity index (χ4v) is 1.27. The summed E-state index contributed by atoms with van der Waals surface area (Å²) in [6.45, 7) is 4.44. The molecule has 0 aliphatic rings. The smallest absolute Gasteiger partial charge is 0.338 e. The quantitative estimate of drug-likeness (QED) is 0.504. The summed E-state index contributed by atoms with van der Waals surface area (Å²) >= 11 is 0. The minimum absolute atomic E-state index is 0.0418. The lowest BCUT2D eigenvalue weighted by molar-refractivity contribution is 0.0599. The number of benzene rings is 1. The van der Waals surface area contributed by atoms with Gasteiger partial charge in [-0.15, -0.1) is 12.3 Å². The van der Waals surface area contributed by atoms with Crippen LogP contribution in [-0.4, -0.2) is 24.8 Å². The molecular weight excluding hydrogens is 244 g/mol. The van der Waals surface area contributed by atoms with E-state index in [2.05, 4.69) is 10.7 Å². The highest BCUT2D eigenvalue weighted by Crippen LogP contribution is 2.22. The van der Waals surface area contributed by atoms with Crippen molar-refractivity contribution in [2.24, 2.45) is 0 Å². The second-order valence-electron chi connectivity index (χ2n) is 3.36. The Morgan fingerprint density at radius 1 is 1.37 bits per heavy atom. The molecule has 0 bridgehead atoms. The third-order valence-electron chi connectivity index (χ3n) is 2.05. The standard InChI is InChI=1S/C13H14O4.C2H6/c1-3-4-5-6-17-12-8-10(13(15)16-2)7-11(14)9-12;1-2/h1,7-9,14H,4-6H2,2H3;1-2H3. The van der Waals surface area contributed by atoms with Gasteiger partial charge in [0.25, 0.3) is 0 Å². The van der Waals surface area contributed by atoms with Gasteiger partial charge in [0.2, 0.25) is 0 Å². The summed E-state index contributed by atoms with van der Waals surface area (Å²) in [5.41, 5.74) is 0.249. The number of carbonyl (C=O) groups is 1. The van der Waals surface area contributed by atoms with Gasteiger partial charge in [-0.25, -0.2) is 4.79 Å². The second kappa shape index (κ2) is 9.84. The van der Waals surface area contributed by atoms with Gasteiger partial charge in [0, 0.05) is 12.5 Å². The number of hydrogen-bond donors (Lipinski definition) is 1. The number of unbranched alkanes of at least 4 members (excludes halogenated alkanes) is 1. The van der Waals surface area contributed by atoms with Crippen molar-refractivity contribution in [2.75, 3.05) is 13.7 Å². The molecule has 0 atom stereocenters. The van der Waals surface area contributed by atoms with Crippen LogP contribution in [0.25, 0.3) is 0 Å². The molecule has 0 aliphatic carbocycles. The van der Waals surface area contributed by atoms with Crippen LogP contribution < -0.4 is 4.74 Å². The Morgan fingerprint density at radius 3 is 2.63 bits per heavy atom. The zero-order valence-electron chi connectivity index (χ0n) is 11.6. The summed E-state index contributed by atoms with van der Waals surface area (Å²) in [5.74, 6) is 2.36. The third-order valence-corrected chi connectivity index (χ3v) is 2.05. The van der Waals surface area contributed by atoms with E-state index in [9.17, 15) is 9.90 Å². The highest BCUT2D eigenvalue weighted by atomic mass is 16.5. The van der Waals surface area contributed by atoms with Gasteiger partial charge in [0.15, 0.2) is 0 Å². The average Bonchev–Trinajstić information content (AvgIpc) is 2.44. The predicted molar refractivity (Wildman–Crippen MR) is 74.4 cm³/mol. The molecule has 0 amide bonds. The van der Waals surface area contributed by atoms with Crippen LogP contribution in [0.1, 0.15) is 37.0 Å². The Bertz CT molecular complexity index is 432. The topological polar surface area (TPSA) is 55.8 Å². The Labute approximate surface area is 114 Å². The summed E-state index contributed by atoms with van der Waals surface area (Å²) in [5, 5.41) is 9.42. The molecule has 0 radical (unpaired) electrons. The largest absolute Gasteiger partial charge is 0.508 e. The van der Waals surface area contributed by atoms with E-state index in [0.717, 1.165) is 6.42 Å². The summed E-state index contributed by atoms with van der Waals surface area (Å²) in [4.78, 5) is 11.3. The number of rotatable bonds is 5. The predicted octanol–water partition coefficient (Wildman–Crippen LogP) is 3.00. The van der Waals surface area contributed by atoms with Crippen LogP contribution in [0.2, 0.25) is 0 Å². The molecule has 0 unspecified atom stereocenters. The molecule has 1 N–H and O–H groups in total. The summed E-state index contributed by atoms with van der Waals surface area (Å²) in [6, 6.07) is 4.27. The molecule has 1 rings (SSSR count). The van der Waals surface area contributed by atoms with Crippen LogP contribution in [-0.2, 0) is 4.74 Å². The highest BCUT2D eigenvalue weighted by molar-refractivity contribution is 5.90. The molecule has 0 spiro atoms. The van der Waals surface area contributed by atoms with Gasteiger partial charge in [0.1, 0.15) is 11.5 Å². The van der Waals surface area contributed by atoms with Crippen molar-refractivity contribution in [3.8, 4) is 23.8 Å². The van der Waals surface area contributed by atoms with Crippen molar-refractivity contribution >= 4 is 5.97 Å². The first kappa shape index (κ1) is 16.9. The van der Waals surface area contributed by atoms with Crippen molar-refractivity contribution < 1.29 is 19.4 Å². The van der Waals surface area contributed by atoms with E-state index in [4.69, 9.17) is 11.2 Å². The molecule has 4 heteroatoms. The molecule has 0 saturated carbocycles. The Hall–Kier alpha value is -2.15. The highest BCUT2D eigenvalue weighted by Gasteiger charge is 2.09. The lowest BCUT2D eigenvalue weighted by Crippen LogP contribution is -2.02. The van der Waals surface area contributed by atoms with Crippen LogP contribution in [0, 0.1) is 12.3 Å². The molecule has 19 heavy (non-hydrogen) atoms. The minimum Gasteiger partial charge on any atom is -0.508 e. The Kier molecular flexibility index (Phi) is 8.72. The van der Waals surface area contributed by atoms with E-state index in [1.54, 1.807) is 0 Å². The zero-order valence-corrected chi connectivity index (χ0v) is 11.6. The van der Waals surface area contributed by atoms with Gasteiger partial charge in [-0.3, -0.25) is 0 Å². The molecule has 0 saturated heterocycles.